The maximum absolute atomic E-state index is 12.2. The van der Waals surface area contributed by atoms with E-state index in [1.807, 2.05) is 0 Å². The minimum Gasteiger partial charge on any atom is -0.458 e. The van der Waals surface area contributed by atoms with Crippen LogP contribution in [-0.2, 0) is 4.74 Å². The van der Waals surface area contributed by atoms with Crippen LogP contribution in [0.25, 0.3) is 10.7 Å². The molecule has 2 fully saturated rings. The number of hydrogen-bond donors (Lipinski definition) is 1. The first-order valence-electron chi connectivity index (χ1n) is 9.85. The van der Waals surface area contributed by atoms with Crippen LogP contribution in [0.15, 0.2) is 6.20 Å². The van der Waals surface area contributed by atoms with Crippen molar-refractivity contribution >= 4 is 28.4 Å². The van der Waals surface area contributed by atoms with E-state index in [1.54, 1.807) is 30.1 Å². The predicted octanol–water partition coefficient (Wildman–Crippen LogP) is 0.937. The third kappa shape index (κ3) is 4.38. The Morgan fingerprint density at radius 2 is 2.17 bits per heavy atom. The summed E-state index contributed by atoms with van der Waals surface area (Å²) in [5, 5.41) is 0.447. The Morgan fingerprint density at radius 1 is 1.33 bits per heavy atom. The fraction of sp³-hybridized carbons (Fsp3) is 0.611. The van der Waals surface area contributed by atoms with Crippen molar-refractivity contribution in [2.24, 2.45) is 0 Å². The van der Waals surface area contributed by atoms with E-state index in [9.17, 15) is 4.79 Å². The number of morpholine rings is 1. The van der Waals surface area contributed by atoms with Gasteiger partial charge >= 0.3 is 12.0 Å². The minimum absolute atomic E-state index is 0.0274. The molecule has 2 aromatic rings. The van der Waals surface area contributed by atoms with Gasteiger partial charge in [0.15, 0.2) is 11.0 Å². The van der Waals surface area contributed by atoms with Gasteiger partial charge in [0, 0.05) is 33.6 Å². The van der Waals surface area contributed by atoms with Gasteiger partial charge in [0.25, 0.3) is 0 Å². The van der Waals surface area contributed by atoms with Crippen molar-refractivity contribution in [2.45, 2.75) is 25.5 Å². The van der Waals surface area contributed by atoms with E-state index in [0.29, 0.717) is 49.8 Å². The zero-order valence-electron chi connectivity index (χ0n) is 17.3. The van der Waals surface area contributed by atoms with Gasteiger partial charge in [-0.3, -0.25) is 0 Å². The summed E-state index contributed by atoms with van der Waals surface area (Å²) < 4.78 is 11.6. The first kappa shape index (κ1) is 20.5. The standard InChI is InChI=1S/C18H26N8O3S/c1-11-10-28-7-6-26(11)16-21-14(13-8-20-15(19)30-13)22-17(23-16)29-12-4-5-25(9-12)18(27)24(2)3/h8,11-12H,4-7,9-10H2,1-3H3,(H2,19,20). The molecular formula is C18H26N8O3S. The SMILES string of the molecule is CC1COCCN1c1nc(OC2CCN(C(=O)N(C)C)C2)nc(-c2cnc(N)s2)n1. The van der Waals surface area contributed by atoms with E-state index in [4.69, 9.17) is 15.2 Å². The molecule has 30 heavy (non-hydrogen) atoms. The second kappa shape index (κ2) is 8.56. The van der Waals surface area contributed by atoms with E-state index < -0.39 is 0 Å². The van der Waals surface area contributed by atoms with Crippen molar-refractivity contribution in [1.29, 1.82) is 0 Å². The van der Waals surface area contributed by atoms with Crippen LogP contribution < -0.4 is 15.4 Å². The number of aromatic nitrogens is 4. The normalized spacial score (nSPS) is 21.7. The lowest BCUT2D eigenvalue weighted by Gasteiger charge is -2.33. The molecule has 2 atom stereocenters. The summed E-state index contributed by atoms with van der Waals surface area (Å²) in [5.74, 6) is 1.01. The quantitative estimate of drug-likeness (QED) is 0.749. The van der Waals surface area contributed by atoms with Gasteiger partial charge in [-0.2, -0.15) is 15.0 Å². The smallest absolute Gasteiger partial charge is 0.322 e. The van der Waals surface area contributed by atoms with Crippen molar-refractivity contribution in [3.8, 4) is 16.7 Å². The van der Waals surface area contributed by atoms with E-state index in [0.717, 1.165) is 11.3 Å². The summed E-state index contributed by atoms with van der Waals surface area (Å²) in [6, 6.07) is 0.346. The van der Waals surface area contributed by atoms with Crippen LogP contribution in [0.2, 0.25) is 0 Å². The van der Waals surface area contributed by atoms with E-state index in [1.165, 1.54) is 11.3 Å². The summed E-state index contributed by atoms with van der Waals surface area (Å²) in [6.45, 7) is 5.10. The van der Waals surface area contributed by atoms with E-state index in [-0.39, 0.29) is 24.2 Å². The van der Waals surface area contributed by atoms with Crippen LogP contribution in [0.1, 0.15) is 13.3 Å². The second-order valence-corrected chi connectivity index (χ2v) is 8.64. The Labute approximate surface area is 178 Å². The molecule has 12 heteroatoms. The molecule has 2 saturated heterocycles. The van der Waals surface area contributed by atoms with Gasteiger partial charge < -0.3 is 29.9 Å². The number of urea groups is 1. The summed E-state index contributed by atoms with van der Waals surface area (Å²) >= 11 is 1.31. The summed E-state index contributed by atoms with van der Waals surface area (Å²) in [7, 11) is 3.48. The van der Waals surface area contributed by atoms with Gasteiger partial charge in [0.1, 0.15) is 6.10 Å². The Morgan fingerprint density at radius 3 is 2.87 bits per heavy atom. The Hall–Kier alpha value is -2.73. The number of rotatable bonds is 4. The number of anilines is 2. The Kier molecular flexibility index (Phi) is 5.86. The molecule has 4 rings (SSSR count). The highest BCUT2D eigenvalue weighted by Gasteiger charge is 2.30. The molecule has 0 aromatic carbocycles. The van der Waals surface area contributed by atoms with Crippen molar-refractivity contribution in [1.82, 2.24) is 29.7 Å². The highest BCUT2D eigenvalue weighted by molar-refractivity contribution is 7.18. The van der Waals surface area contributed by atoms with Gasteiger partial charge in [-0.05, 0) is 6.92 Å². The summed E-state index contributed by atoms with van der Waals surface area (Å²) in [4.78, 5) is 36.2. The minimum atomic E-state index is -0.175. The number of likely N-dealkylation sites (tertiary alicyclic amines) is 1. The molecule has 0 bridgehead atoms. The largest absolute Gasteiger partial charge is 0.458 e. The highest BCUT2D eigenvalue weighted by atomic mass is 32.1. The van der Waals surface area contributed by atoms with Gasteiger partial charge in [-0.1, -0.05) is 11.3 Å². The summed E-state index contributed by atoms with van der Waals surface area (Å²) in [6.07, 6.45) is 2.20. The third-order valence-corrected chi connectivity index (χ3v) is 5.86. The molecule has 2 aromatic heterocycles. The van der Waals surface area contributed by atoms with Crippen LogP contribution in [0, 0.1) is 0 Å². The van der Waals surface area contributed by atoms with Crippen LogP contribution in [0.4, 0.5) is 15.9 Å². The fourth-order valence-electron chi connectivity index (χ4n) is 3.48. The molecule has 162 valence electrons. The van der Waals surface area contributed by atoms with Crippen molar-refractivity contribution in [3.05, 3.63) is 6.20 Å². The van der Waals surface area contributed by atoms with Gasteiger partial charge in [-0.15, -0.1) is 0 Å². The zero-order valence-corrected chi connectivity index (χ0v) is 18.1. The number of ether oxygens (including phenoxy) is 2. The van der Waals surface area contributed by atoms with Crippen molar-refractivity contribution in [2.75, 3.05) is 57.6 Å². The predicted molar refractivity (Wildman–Crippen MR) is 113 cm³/mol. The maximum atomic E-state index is 12.2. The van der Waals surface area contributed by atoms with Crippen LogP contribution in [0.3, 0.4) is 0 Å². The molecule has 0 radical (unpaired) electrons. The lowest BCUT2D eigenvalue weighted by atomic mass is 10.3. The van der Waals surface area contributed by atoms with Crippen LogP contribution in [-0.4, -0.2) is 94.9 Å². The number of hydrogen-bond acceptors (Lipinski definition) is 10. The molecule has 11 nitrogen and oxygen atoms in total. The maximum Gasteiger partial charge on any atom is 0.322 e. The monoisotopic (exact) mass is 434 g/mol. The average Bonchev–Trinajstić information content (AvgIpc) is 3.36. The van der Waals surface area contributed by atoms with Crippen LogP contribution in [0.5, 0.6) is 6.01 Å². The molecule has 0 aliphatic carbocycles. The van der Waals surface area contributed by atoms with Crippen molar-refractivity contribution in [3.63, 3.8) is 0 Å². The van der Waals surface area contributed by atoms with Gasteiger partial charge in [-0.25, -0.2) is 9.78 Å². The first-order valence-corrected chi connectivity index (χ1v) is 10.7. The molecule has 2 N–H and O–H groups in total. The van der Waals surface area contributed by atoms with Gasteiger partial charge in [0.2, 0.25) is 5.95 Å². The number of amides is 2. The number of nitrogens with zero attached hydrogens (tertiary/aromatic N) is 7. The number of thiazole rings is 1. The molecule has 4 heterocycles. The highest BCUT2D eigenvalue weighted by Crippen LogP contribution is 2.28. The van der Waals surface area contributed by atoms with Crippen LogP contribution >= 0.6 is 11.3 Å². The fourth-order valence-corrected chi connectivity index (χ4v) is 4.10. The second-order valence-electron chi connectivity index (χ2n) is 7.57. The molecule has 0 spiro atoms. The van der Waals surface area contributed by atoms with E-state index >= 15 is 0 Å². The Balaban J connectivity index is 1.59. The zero-order chi connectivity index (χ0) is 21.3. The summed E-state index contributed by atoms with van der Waals surface area (Å²) in [5.41, 5.74) is 5.79. The van der Waals surface area contributed by atoms with Gasteiger partial charge in [0.05, 0.1) is 36.9 Å². The number of nitrogen functional groups attached to an aromatic ring is 1. The lowest BCUT2D eigenvalue weighted by molar-refractivity contribution is 0.0978. The molecule has 0 saturated carbocycles. The third-order valence-electron chi connectivity index (χ3n) is 5.04. The Bertz CT molecular complexity index is 907. The van der Waals surface area contributed by atoms with Crippen molar-refractivity contribution < 1.29 is 14.3 Å². The molecular weight excluding hydrogens is 408 g/mol. The topological polar surface area (TPSA) is 123 Å². The molecule has 2 amide bonds. The average molecular weight is 435 g/mol. The van der Waals surface area contributed by atoms with E-state index in [2.05, 4.69) is 31.8 Å². The molecule has 2 aliphatic rings. The number of carbonyl (C=O) groups is 1. The first-order chi connectivity index (χ1) is 14.4. The number of nitrogens with two attached hydrogens (primary N) is 1. The molecule has 2 unspecified atom stereocenters. The lowest BCUT2D eigenvalue weighted by Crippen LogP contribution is -2.44. The molecule has 2 aliphatic heterocycles. The number of carbonyl (C=O) groups excluding carboxylic acids is 1.